The molecule has 9 aromatic rings. The number of hydrogen-bond donors (Lipinski definition) is 0. The summed E-state index contributed by atoms with van der Waals surface area (Å²) in [6.07, 6.45) is 0. The molecule has 0 aromatic heterocycles. The predicted molar refractivity (Wildman–Crippen MR) is 231 cm³/mol. The van der Waals surface area contributed by atoms with E-state index < -0.39 is 5.41 Å². The van der Waals surface area contributed by atoms with Crippen LogP contribution in [-0.4, -0.2) is 0 Å². The maximum absolute atomic E-state index is 6.86. The molecule has 2 aliphatic carbocycles. The van der Waals surface area contributed by atoms with E-state index in [0.29, 0.717) is 0 Å². The molecule has 1 aliphatic heterocycles. The maximum Gasteiger partial charge on any atom is 0.132 e. The van der Waals surface area contributed by atoms with Gasteiger partial charge in [-0.25, -0.2) is 0 Å². The molecule has 56 heavy (non-hydrogen) atoms. The lowest BCUT2D eigenvalue weighted by molar-refractivity contribution is 0.438. The van der Waals surface area contributed by atoms with Gasteiger partial charge in [-0.15, -0.1) is 0 Å². The highest BCUT2D eigenvalue weighted by Crippen LogP contribution is 2.64. The average Bonchev–Trinajstić information content (AvgIpc) is 3.66. The number of nitrogens with zero attached hydrogens (tertiary/aromatic N) is 1. The zero-order chi connectivity index (χ0) is 37.2. The van der Waals surface area contributed by atoms with Gasteiger partial charge in [-0.3, -0.25) is 0 Å². The van der Waals surface area contributed by atoms with Crippen molar-refractivity contribution in [2.24, 2.45) is 0 Å². The molecule has 0 saturated heterocycles. The molecule has 264 valence electrons. The summed E-state index contributed by atoms with van der Waals surface area (Å²) in [4.78, 5) is 2.53. The molecular formula is C54H37NO. The molecule has 1 unspecified atom stereocenters. The Balaban J connectivity index is 1.21. The summed E-state index contributed by atoms with van der Waals surface area (Å²) in [7, 11) is 0. The van der Waals surface area contributed by atoms with Crippen LogP contribution in [0.5, 0.6) is 11.5 Å². The molecule has 1 spiro atoms. The number of anilines is 3. The van der Waals surface area contributed by atoms with Crippen molar-refractivity contribution >= 4 is 38.6 Å². The normalized spacial score (nSPS) is 16.4. The molecule has 1 atom stereocenters. The van der Waals surface area contributed by atoms with Crippen molar-refractivity contribution in [3.8, 4) is 33.8 Å². The van der Waals surface area contributed by atoms with E-state index in [2.05, 4.69) is 207 Å². The van der Waals surface area contributed by atoms with Gasteiger partial charge in [0.05, 0.1) is 16.8 Å². The molecule has 12 rings (SSSR count). The number of para-hydroxylation sites is 1. The molecule has 0 radical (unpaired) electrons. The molecule has 0 N–H and O–H groups in total. The third kappa shape index (κ3) is 4.00. The van der Waals surface area contributed by atoms with Crippen LogP contribution in [0.25, 0.3) is 43.8 Å². The second-order valence-electron chi connectivity index (χ2n) is 16.0. The van der Waals surface area contributed by atoms with E-state index >= 15 is 0 Å². The lowest BCUT2D eigenvalue weighted by atomic mass is 9.65. The fourth-order valence-corrected chi connectivity index (χ4v) is 10.5. The molecule has 2 nitrogen and oxygen atoms in total. The molecule has 0 saturated carbocycles. The Hall–Kier alpha value is -6.90. The Bertz CT molecular complexity index is 3110. The smallest absolute Gasteiger partial charge is 0.132 e. The van der Waals surface area contributed by atoms with E-state index in [1.807, 2.05) is 0 Å². The van der Waals surface area contributed by atoms with Gasteiger partial charge in [-0.2, -0.15) is 0 Å². The van der Waals surface area contributed by atoms with E-state index in [4.69, 9.17) is 4.74 Å². The third-order valence-corrected chi connectivity index (χ3v) is 12.9. The predicted octanol–water partition coefficient (Wildman–Crippen LogP) is 14.2. The van der Waals surface area contributed by atoms with E-state index in [1.54, 1.807) is 0 Å². The summed E-state index contributed by atoms with van der Waals surface area (Å²) < 4.78 is 6.86. The van der Waals surface area contributed by atoms with Crippen molar-refractivity contribution < 1.29 is 4.74 Å². The number of benzene rings is 9. The van der Waals surface area contributed by atoms with Crippen molar-refractivity contribution in [2.45, 2.75) is 24.7 Å². The fourth-order valence-electron chi connectivity index (χ4n) is 10.5. The lowest BCUT2D eigenvalue weighted by Gasteiger charge is -2.40. The minimum Gasteiger partial charge on any atom is -0.457 e. The third-order valence-electron chi connectivity index (χ3n) is 12.9. The molecular weight excluding hydrogens is 679 g/mol. The van der Waals surface area contributed by atoms with Gasteiger partial charge in [0, 0.05) is 33.2 Å². The van der Waals surface area contributed by atoms with Gasteiger partial charge < -0.3 is 9.64 Å². The molecule has 0 amide bonds. The highest BCUT2D eigenvalue weighted by Gasteiger charge is 2.52. The van der Waals surface area contributed by atoms with Gasteiger partial charge >= 0.3 is 0 Å². The minimum atomic E-state index is -0.620. The van der Waals surface area contributed by atoms with Crippen molar-refractivity contribution in [3.63, 3.8) is 0 Å². The Morgan fingerprint density at radius 3 is 1.88 bits per heavy atom. The van der Waals surface area contributed by atoms with Crippen LogP contribution in [0.2, 0.25) is 0 Å². The first-order valence-corrected chi connectivity index (χ1v) is 19.6. The summed E-state index contributed by atoms with van der Waals surface area (Å²) in [5.41, 5.74) is 15.5. The fraction of sp³-hybridized carbons (Fsp3) is 0.0741. The first kappa shape index (κ1) is 31.5. The Labute approximate surface area is 326 Å². The first-order chi connectivity index (χ1) is 27.5. The number of hydrogen-bond acceptors (Lipinski definition) is 2. The van der Waals surface area contributed by atoms with E-state index in [9.17, 15) is 0 Å². The number of fused-ring (bicyclic) bond motifs is 15. The summed E-state index contributed by atoms with van der Waals surface area (Å²) >= 11 is 0. The lowest BCUT2D eigenvalue weighted by Crippen LogP contribution is -2.32. The van der Waals surface area contributed by atoms with Crippen LogP contribution in [0.1, 0.15) is 47.2 Å². The van der Waals surface area contributed by atoms with Crippen molar-refractivity contribution in [2.75, 3.05) is 4.90 Å². The van der Waals surface area contributed by atoms with Crippen LogP contribution >= 0.6 is 0 Å². The van der Waals surface area contributed by atoms with E-state index in [1.165, 1.54) is 82.9 Å². The quantitative estimate of drug-likeness (QED) is 0.181. The van der Waals surface area contributed by atoms with Gasteiger partial charge in [-0.05, 0) is 91.5 Å². The van der Waals surface area contributed by atoms with Crippen LogP contribution in [0.4, 0.5) is 17.1 Å². The molecule has 2 heteroatoms. The molecule has 9 aromatic carbocycles. The standard InChI is InChI=1S/C54H37NO/c1-53(2)42-22-9-8-21-41(42)51-45(53)25-14-27-48(51)55(47-26-13-17-34-15-3-5-18-37(34)47)36-30-31-40-39-20-7-10-23-43(39)54(46(40)33-36)44-24-11-12-28-49(44)56-50-32-29-35-16-4-6-19-38(35)52(50)54/h3-33H,1-2H3. The largest absolute Gasteiger partial charge is 0.457 e. The first-order valence-electron chi connectivity index (χ1n) is 19.6. The van der Waals surface area contributed by atoms with Gasteiger partial charge in [0.25, 0.3) is 0 Å². The van der Waals surface area contributed by atoms with E-state index in [-0.39, 0.29) is 5.41 Å². The van der Waals surface area contributed by atoms with Gasteiger partial charge in [0.1, 0.15) is 11.5 Å². The van der Waals surface area contributed by atoms with Crippen molar-refractivity contribution in [3.05, 3.63) is 221 Å². The van der Waals surface area contributed by atoms with Crippen molar-refractivity contribution in [1.29, 1.82) is 0 Å². The molecule has 0 bridgehead atoms. The summed E-state index contributed by atoms with van der Waals surface area (Å²) in [5, 5.41) is 4.84. The highest BCUT2D eigenvalue weighted by atomic mass is 16.5. The number of rotatable bonds is 3. The second kappa shape index (κ2) is 11.3. The summed E-state index contributed by atoms with van der Waals surface area (Å²) in [6, 6.07) is 69.5. The maximum atomic E-state index is 6.86. The Morgan fingerprint density at radius 1 is 0.411 bits per heavy atom. The molecule has 3 aliphatic rings. The topological polar surface area (TPSA) is 12.5 Å². The Kier molecular flexibility index (Phi) is 6.36. The second-order valence-corrected chi connectivity index (χ2v) is 16.0. The highest BCUT2D eigenvalue weighted by molar-refractivity contribution is 6.04. The van der Waals surface area contributed by atoms with Crippen LogP contribution < -0.4 is 9.64 Å². The Morgan fingerprint density at radius 2 is 1.02 bits per heavy atom. The van der Waals surface area contributed by atoms with Crippen molar-refractivity contribution in [1.82, 2.24) is 0 Å². The SMILES string of the molecule is CC1(C)c2ccccc2-c2c(N(c3ccc4c(c3)C3(c5ccccc5Oc5ccc6ccccc6c53)c3ccccc3-4)c3cccc4ccccc34)cccc21. The minimum absolute atomic E-state index is 0.132. The van der Waals surface area contributed by atoms with Gasteiger partial charge in [-0.1, -0.05) is 166 Å². The van der Waals surface area contributed by atoms with Crippen LogP contribution in [0.3, 0.4) is 0 Å². The zero-order valence-corrected chi connectivity index (χ0v) is 31.3. The zero-order valence-electron chi connectivity index (χ0n) is 31.3. The number of ether oxygens (including phenoxy) is 1. The van der Waals surface area contributed by atoms with Gasteiger partial charge in [0.2, 0.25) is 0 Å². The molecule has 0 fully saturated rings. The van der Waals surface area contributed by atoms with Crippen LogP contribution in [0, 0.1) is 0 Å². The summed E-state index contributed by atoms with van der Waals surface area (Å²) in [5.74, 6) is 1.80. The van der Waals surface area contributed by atoms with Crippen LogP contribution in [-0.2, 0) is 10.8 Å². The summed E-state index contributed by atoms with van der Waals surface area (Å²) in [6.45, 7) is 4.73. The molecule has 1 heterocycles. The van der Waals surface area contributed by atoms with Crippen LogP contribution in [0.15, 0.2) is 188 Å². The average molecular weight is 716 g/mol. The van der Waals surface area contributed by atoms with E-state index in [0.717, 1.165) is 22.9 Å². The monoisotopic (exact) mass is 715 g/mol. The van der Waals surface area contributed by atoms with Gasteiger partial charge in [0.15, 0.2) is 0 Å².